The van der Waals surface area contributed by atoms with E-state index in [1.54, 1.807) is 12.3 Å². The van der Waals surface area contributed by atoms with Crippen LogP contribution in [0.1, 0.15) is 10.4 Å². The van der Waals surface area contributed by atoms with Crippen molar-refractivity contribution in [2.45, 2.75) is 0 Å². The van der Waals surface area contributed by atoms with Crippen LogP contribution in [0.25, 0.3) is 44.2 Å². The number of H-pyrrole nitrogens is 1. The zero-order valence-corrected chi connectivity index (χ0v) is 14.8. The standard InChI is InChI=1S/C23H15N3O2/c27-23(28)17-12-20(18-13-24-26-22(18)15-7-2-1-3-8-15)25-19-11-10-14-6-4-5-9-16(14)21(17)19/h1-13H,(H,24,26)(H,27,28). The van der Waals surface area contributed by atoms with Crippen LogP contribution in [0.4, 0.5) is 0 Å². The molecule has 5 heteroatoms. The first-order valence-electron chi connectivity index (χ1n) is 8.87. The Morgan fingerprint density at radius 2 is 1.71 bits per heavy atom. The summed E-state index contributed by atoms with van der Waals surface area (Å²) in [6.07, 6.45) is 1.68. The van der Waals surface area contributed by atoms with E-state index in [0.717, 1.165) is 27.6 Å². The fourth-order valence-electron chi connectivity index (χ4n) is 3.62. The molecule has 0 amide bonds. The normalized spacial score (nSPS) is 11.1. The maximum absolute atomic E-state index is 12.1. The molecular formula is C23H15N3O2. The highest BCUT2D eigenvalue weighted by molar-refractivity contribution is 6.16. The van der Waals surface area contributed by atoms with Gasteiger partial charge in [0.1, 0.15) is 0 Å². The third kappa shape index (κ3) is 2.53. The molecule has 2 aromatic heterocycles. The van der Waals surface area contributed by atoms with Gasteiger partial charge >= 0.3 is 5.97 Å². The summed E-state index contributed by atoms with van der Waals surface area (Å²) in [7, 11) is 0. The van der Waals surface area contributed by atoms with Gasteiger partial charge in [-0.05, 0) is 22.9 Å². The van der Waals surface area contributed by atoms with Crippen molar-refractivity contribution in [3.8, 4) is 22.5 Å². The minimum Gasteiger partial charge on any atom is -0.478 e. The Hall–Kier alpha value is -3.99. The molecule has 0 radical (unpaired) electrons. The van der Waals surface area contributed by atoms with E-state index in [2.05, 4.69) is 10.2 Å². The Morgan fingerprint density at radius 3 is 2.54 bits per heavy atom. The highest BCUT2D eigenvalue weighted by Gasteiger charge is 2.18. The molecule has 0 fully saturated rings. The van der Waals surface area contributed by atoms with Crippen molar-refractivity contribution in [2.24, 2.45) is 0 Å². The second-order valence-corrected chi connectivity index (χ2v) is 6.57. The van der Waals surface area contributed by atoms with Crippen LogP contribution in [0.15, 0.2) is 79.0 Å². The zero-order chi connectivity index (χ0) is 19.1. The number of benzene rings is 3. The van der Waals surface area contributed by atoms with Gasteiger partial charge in [-0.1, -0.05) is 60.7 Å². The van der Waals surface area contributed by atoms with E-state index in [1.807, 2.05) is 66.7 Å². The van der Waals surface area contributed by atoms with Crippen LogP contribution in [-0.2, 0) is 0 Å². The predicted molar refractivity (Wildman–Crippen MR) is 109 cm³/mol. The fraction of sp³-hybridized carbons (Fsp3) is 0. The molecule has 0 unspecified atom stereocenters. The first-order valence-corrected chi connectivity index (χ1v) is 8.87. The van der Waals surface area contributed by atoms with Crippen LogP contribution in [0.3, 0.4) is 0 Å². The largest absolute Gasteiger partial charge is 0.478 e. The lowest BCUT2D eigenvalue weighted by Gasteiger charge is -2.10. The van der Waals surface area contributed by atoms with Crippen LogP contribution in [0, 0.1) is 0 Å². The second kappa shape index (κ2) is 6.32. The first-order chi connectivity index (χ1) is 13.7. The van der Waals surface area contributed by atoms with Gasteiger partial charge in [-0.3, -0.25) is 5.10 Å². The topological polar surface area (TPSA) is 78.9 Å². The number of aromatic amines is 1. The number of carbonyl (C=O) groups is 1. The van der Waals surface area contributed by atoms with Crippen molar-refractivity contribution in [3.63, 3.8) is 0 Å². The van der Waals surface area contributed by atoms with Crippen molar-refractivity contribution in [2.75, 3.05) is 0 Å². The zero-order valence-electron chi connectivity index (χ0n) is 14.8. The lowest BCUT2D eigenvalue weighted by Crippen LogP contribution is -2.01. The number of hydrogen-bond donors (Lipinski definition) is 2. The summed E-state index contributed by atoms with van der Waals surface area (Å²) in [5.74, 6) is -0.977. The number of aromatic nitrogens is 3. The van der Waals surface area contributed by atoms with Gasteiger partial charge in [0.2, 0.25) is 0 Å². The predicted octanol–water partition coefficient (Wildman–Crippen LogP) is 5.14. The van der Waals surface area contributed by atoms with Gasteiger partial charge < -0.3 is 5.11 Å². The molecule has 0 aliphatic carbocycles. The van der Waals surface area contributed by atoms with E-state index >= 15 is 0 Å². The molecule has 3 aromatic carbocycles. The van der Waals surface area contributed by atoms with Gasteiger partial charge in [-0.25, -0.2) is 9.78 Å². The number of hydrogen-bond acceptors (Lipinski definition) is 3. The molecule has 0 spiro atoms. The quantitative estimate of drug-likeness (QED) is 0.434. The molecule has 0 saturated carbocycles. The van der Waals surface area contributed by atoms with E-state index in [1.165, 1.54) is 0 Å². The smallest absolute Gasteiger partial charge is 0.336 e. The molecule has 0 bridgehead atoms. The number of fused-ring (bicyclic) bond motifs is 3. The fourth-order valence-corrected chi connectivity index (χ4v) is 3.62. The molecule has 0 atom stereocenters. The summed E-state index contributed by atoms with van der Waals surface area (Å²) in [6, 6.07) is 23.0. The number of nitrogens with one attached hydrogen (secondary N) is 1. The number of aromatic carboxylic acids is 1. The van der Waals surface area contributed by atoms with Crippen molar-refractivity contribution in [1.29, 1.82) is 0 Å². The Kier molecular flexibility index (Phi) is 3.66. The molecule has 5 rings (SSSR count). The van der Waals surface area contributed by atoms with Crippen LogP contribution in [0.2, 0.25) is 0 Å². The average molecular weight is 365 g/mol. The third-order valence-corrected chi connectivity index (χ3v) is 4.91. The van der Waals surface area contributed by atoms with Gasteiger partial charge in [0.25, 0.3) is 0 Å². The summed E-state index contributed by atoms with van der Waals surface area (Å²) in [6.45, 7) is 0. The van der Waals surface area contributed by atoms with Crippen LogP contribution >= 0.6 is 0 Å². The summed E-state index contributed by atoms with van der Waals surface area (Å²) >= 11 is 0. The molecule has 0 saturated heterocycles. The number of pyridine rings is 1. The Labute approximate surface area is 160 Å². The minimum atomic E-state index is -0.977. The number of carboxylic acid groups (broad SMARTS) is 1. The summed E-state index contributed by atoms with van der Waals surface area (Å²) in [5.41, 5.74) is 4.00. The Balaban J connectivity index is 1.81. The highest BCUT2D eigenvalue weighted by Crippen LogP contribution is 2.34. The first kappa shape index (κ1) is 16.2. The van der Waals surface area contributed by atoms with Crippen molar-refractivity contribution < 1.29 is 9.90 Å². The van der Waals surface area contributed by atoms with Gasteiger partial charge in [0, 0.05) is 16.5 Å². The average Bonchev–Trinajstić information content (AvgIpc) is 3.23. The second-order valence-electron chi connectivity index (χ2n) is 6.57. The van der Waals surface area contributed by atoms with E-state index in [4.69, 9.17) is 4.98 Å². The molecule has 0 aliphatic heterocycles. The van der Waals surface area contributed by atoms with E-state index in [0.29, 0.717) is 16.6 Å². The van der Waals surface area contributed by atoms with Gasteiger partial charge in [-0.15, -0.1) is 0 Å². The molecule has 28 heavy (non-hydrogen) atoms. The molecule has 2 heterocycles. The molecule has 134 valence electrons. The van der Waals surface area contributed by atoms with Gasteiger partial charge in [-0.2, -0.15) is 5.10 Å². The van der Waals surface area contributed by atoms with Crippen molar-refractivity contribution >= 4 is 27.6 Å². The van der Waals surface area contributed by atoms with E-state index in [9.17, 15) is 9.90 Å². The molecular weight excluding hydrogens is 350 g/mol. The summed E-state index contributed by atoms with van der Waals surface area (Å²) in [5, 5.41) is 19.6. The van der Waals surface area contributed by atoms with Gasteiger partial charge in [0.05, 0.1) is 28.7 Å². The van der Waals surface area contributed by atoms with Crippen LogP contribution in [-0.4, -0.2) is 26.3 Å². The molecule has 5 nitrogen and oxygen atoms in total. The summed E-state index contributed by atoms with van der Waals surface area (Å²) < 4.78 is 0. The number of carboxylic acids is 1. The van der Waals surface area contributed by atoms with Crippen LogP contribution in [0.5, 0.6) is 0 Å². The summed E-state index contributed by atoms with van der Waals surface area (Å²) in [4.78, 5) is 16.9. The Morgan fingerprint density at radius 1 is 0.929 bits per heavy atom. The van der Waals surface area contributed by atoms with Crippen molar-refractivity contribution in [1.82, 2.24) is 15.2 Å². The highest BCUT2D eigenvalue weighted by atomic mass is 16.4. The van der Waals surface area contributed by atoms with Crippen molar-refractivity contribution in [3.05, 3.63) is 84.6 Å². The third-order valence-electron chi connectivity index (χ3n) is 4.91. The lowest BCUT2D eigenvalue weighted by molar-refractivity contribution is 0.0699. The molecule has 2 N–H and O–H groups in total. The van der Waals surface area contributed by atoms with E-state index < -0.39 is 5.97 Å². The maximum Gasteiger partial charge on any atom is 0.336 e. The monoisotopic (exact) mass is 365 g/mol. The molecule has 0 aliphatic rings. The maximum atomic E-state index is 12.1. The Bertz CT molecular complexity index is 1340. The molecule has 5 aromatic rings. The number of rotatable bonds is 3. The lowest BCUT2D eigenvalue weighted by atomic mass is 9.98. The SMILES string of the molecule is O=C(O)c1cc(-c2cn[nH]c2-c2ccccc2)nc2ccc3ccccc3c12. The minimum absolute atomic E-state index is 0.233. The number of nitrogens with zero attached hydrogens (tertiary/aromatic N) is 2. The van der Waals surface area contributed by atoms with Crippen LogP contribution < -0.4 is 0 Å². The van der Waals surface area contributed by atoms with Gasteiger partial charge in [0.15, 0.2) is 0 Å². The van der Waals surface area contributed by atoms with E-state index in [-0.39, 0.29) is 5.56 Å².